The summed E-state index contributed by atoms with van der Waals surface area (Å²) in [6.07, 6.45) is 1.75. The van der Waals surface area contributed by atoms with E-state index < -0.39 is 0 Å². The summed E-state index contributed by atoms with van der Waals surface area (Å²) in [6.45, 7) is 0. The van der Waals surface area contributed by atoms with Crippen molar-refractivity contribution < 1.29 is 10.2 Å². The van der Waals surface area contributed by atoms with Gasteiger partial charge in [0.1, 0.15) is 17.2 Å². The van der Waals surface area contributed by atoms with Gasteiger partial charge in [0, 0.05) is 22.7 Å². The van der Waals surface area contributed by atoms with Crippen molar-refractivity contribution in [2.24, 2.45) is 0 Å². The maximum Gasteiger partial charge on any atom is 0.141 e. The molecule has 0 spiro atoms. The zero-order chi connectivity index (χ0) is 12.7. The van der Waals surface area contributed by atoms with Crippen LogP contribution in [0, 0.1) is 0 Å². The van der Waals surface area contributed by atoms with Crippen LogP contribution >= 0.6 is 11.6 Å². The minimum Gasteiger partial charge on any atom is -0.508 e. The molecule has 0 unspecified atom stereocenters. The van der Waals surface area contributed by atoms with Crippen molar-refractivity contribution in [1.29, 1.82) is 0 Å². The molecule has 1 heterocycles. The molecule has 0 aliphatic rings. The van der Waals surface area contributed by atoms with Crippen molar-refractivity contribution in [1.82, 2.24) is 9.78 Å². The van der Waals surface area contributed by atoms with Gasteiger partial charge in [-0.25, -0.2) is 4.68 Å². The lowest BCUT2D eigenvalue weighted by molar-refractivity contribution is 0.456. The zero-order valence-electron chi connectivity index (χ0n) is 9.21. The van der Waals surface area contributed by atoms with Gasteiger partial charge in [0.05, 0.1) is 5.52 Å². The fourth-order valence-electron chi connectivity index (χ4n) is 1.82. The average Bonchev–Trinajstić information content (AvgIpc) is 2.74. The molecular weight excluding hydrogens is 252 g/mol. The second-order valence-corrected chi connectivity index (χ2v) is 4.39. The Hall–Kier alpha value is -2.20. The van der Waals surface area contributed by atoms with E-state index in [4.69, 9.17) is 11.6 Å². The van der Waals surface area contributed by atoms with Crippen LogP contribution in [-0.4, -0.2) is 20.0 Å². The highest BCUT2D eigenvalue weighted by Gasteiger charge is 2.08. The first-order valence-electron chi connectivity index (χ1n) is 5.31. The van der Waals surface area contributed by atoms with Crippen LogP contribution in [0.4, 0.5) is 0 Å². The van der Waals surface area contributed by atoms with E-state index in [1.807, 2.05) is 0 Å². The Morgan fingerprint density at radius 3 is 2.72 bits per heavy atom. The van der Waals surface area contributed by atoms with Crippen LogP contribution in [0.1, 0.15) is 0 Å². The number of nitrogens with zero attached hydrogens (tertiary/aromatic N) is 2. The van der Waals surface area contributed by atoms with Crippen LogP contribution in [-0.2, 0) is 0 Å². The molecule has 2 aromatic carbocycles. The molecule has 18 heavy (non-hydrogen) atoms. The maximum absolute atomic E-state index is 9.77. The van der Waals surface area contributed by atoms with Gasteiger partial charge >= 0.3 is 0 Å². The van der Waals surface area contributed by atoms with Crippen molar-refractivity contribution in [3.05, 3.63) is 47.6 Å². The van der Waals surface area contributed by atoms with Crippen LogP contribution in [0.25, 0.3) is 16.6 Å². The van der Waals surface area contributed by atoms with Crippen molar-refractivity contribution >= 4 is 22.5 Å². The summed E-state index contributed by atoms with van der Waals surface area (Å²) in [4.78, 5) is 0. The summed E-state index contributed by atoms with van der Waals surface area (Å²) in [7, 11) is 0. The van der Waals surface area contributed by atoms with Crippen molar-refractivity contribution in [2.75, 3.05) is 0 Å². The summed E-state index contributed by atoms with van der Waals surface area (Å²) in [5.41, 5.74) is 1.18. The zero-order valence-corrected chi connectivity index (χ0v) is 9.96. The van der Waals surface area contributed by atoms with Gasteiger partial charge in [-0.15, -0.1) is 0 Å². The lowest BCUT2D eigenvalue weighted by Gasteiger charge is -2.04. The highest BCUT2D eigenvalue weighted by molar-refractivity contribution is 6.31. The van der Waals surface area contributed by atoms with Crippen molar-refractivity contribution in [3.63, 3.8) is 0 Å². The summed E-state index contributed by atoms with van der Waals surface area (Å²) in [6, 6.07) is 9.63. The molecule has 3 rings (SSSR count). The second-order valence-electron chi connectivity index (χ2n) is 3.95. The van der Waals surface area contributed by atoms with Gasteiger partial charge in [0.25, 0.3) is 0 Å². The molecular formula is C13H9ClN2O2. The lowest BCUT2D eigenvalue weighted by Crippen LogP contribution is -1.94. The molecule has 0 saturated carbocycles. The molecule has 0 aliphatic carbocycles. The SMILES string of the molecule is Oc1ccc(O)c(-n2cc3cc(Cl)ccc3n2)c1. The molecule has 0 bridgehead atoms. The number of hydrogen-bond acceptors (Lipinski definition) is 3. The van der Waals surface area contributed by atoms with Gasteiger partial charge < -0.3 is 10.2 Å². The Morgan fingerprint density at radius 2 is 1.89 bits per heavy atom. The lowest BCUT2D eigenvalue weighted by atomic mass is 10.2. The molecule has 2 N–H and O–H groups in total. The highest BCUT2D eigenvalue weighted by Crippen LogP contribution is 2.27. The molecule has 0 aliphatic heterocycles. The molecule has 1 aromatic heterocycles. The predicted octanol–water partition coefficient (Wildman–Crippen LogP) is 3.09. The molecule has 0 amide bonds. The quantitative estimate of drug-likeness (QED) is 0.661. The molecule has 90 valence electrons. The number of benzene rings is 2. The third kappa shape index (κ3) is 1.76. The predicted molar refractivity (Wildman–Crippen MR) is 69.4 cm³/mol. The van der Waals surface area contributed by atoms with Crippen LogP contribution in [0.5, 0.6) is 11.5 Å². The third-order valence-corrected chi connectivity index (χ3v) is 2.91. The van der Waals surface area contributed by atoms with Crippen molar-refractivity contribution in [3.8, 4) is 17.2 Å². The normalized spacial score (nSPS) is 10.9. The first kappa shape index (κ1) is 10.9. The van der Waals surface area contributed by atoms with Gasteiger partial charge in [-0.1, -0.05) is 11.6 Å². The number of halogens is 1. The smallest absolute Gasteiger partial charge is 0.141 e. The number of phenolic OH excluding ortho intramolecular Hbond substituents is 2. The number of hydrogen-bond donors (Lipinski definition) is 2. The first-order valence-corrected chi connectivity index (χ1v) is 5.68. The molecule has 3 aromatic rings. The topological polar surface area (TPSA) is 58.3 Å². The van der Waals surface area contributed by atoms with Crippen molar-refractivity contribution in [2.45, 2.75) is 0 Å². The van der Waals surface area contributed by atoms with Crippen LogP contribution in [0.3, 0.4) is 0 Å². The molecule has 0 radical (unpaired) electrons. The molecule has 0 atom stereocenters. The van der Waals surface area contributed by atoms with Gasteiger partial charge in [-0.2, -0.15) is 5.10 Å². The Labute approximate surface area is 108 Å². The number of rotatable bonds is 1. The fourth-order valence-corrected chi connectivity index (χ4v) is 2.00. The number of fused-ring (bicyclic) bond motifs is 1. The van der Waals surface area contributed by atoms with E-state index in [2.05, 4.69) is 5.10 Å². The molecule has 4 nitrogen and oxygen atoms in total. The summed E-state index contributed by atoms with van der Waals surface area (Å²) in [5.74, 6) is 0.118. The van der Waals surface area contributed by atoms with E-state index in [1.54, 1.807) is 24.4 Å². The summed E-state index contributed by atoms with van der Waals surface area (Å²) in [5, 5.41) is 25.0. The number of aromatic nitrogens is 2. The van der Waals surface area contributed by atoms with Gasteiger partial charge in [-0.3, -0.25) is 0 Å². The van der Waals surface area contributed by atoms with E-state index in [-0.39, 0.29) is 11.5 Å². The van der Waals surface area contributed by atoms with E-state index >= 15 is 0 Å². The minimum atomic E-state index is 0.0479. The standard InChI is InChI=1S/C13H9ClN2O2/c14-9-1-3-11-8(5-9)7-16(15-11)12-6-10(17)2-4-13(12)18/h1-7,17-18H. The Kier molecular flexibility index (Phi) is 2.38. The molecule has 5 heteroatoms. The summed E-state index contributed by atoms with van der Waals surface area (Å²) < 4.78 is 1.51. The van der Waals surface area contributed by atoms with Crippen LogP contribution in [0.15, 0.2) is 42.6 Å². The average molecular weight is 261 g/mol. The van der Waals surface area contributed by atoms with Gasteiger partial charge in [0.15, 0.2) is 0 Å². The summed E-state index contributed by atoms with van der Waals surface area (Å²) >= 11 is 5.90. The largest absolute Gasteiger partial charge is 0.508 e. The number of aromatic hydroxyl groups is 2. The first-order chi connectivity index (χ1) is 8.63. The Bertz CT molecular complexity index is 737. The molecule has 0 saturated heterocycles. The monoisotopic (exact) mass is 260 g/mol. The van der Waals surface area contributed by atoms with Crippen LogP contribution in [0.2, 0.25) is 5.02 Å². The van der Waals surface area contributed by atoms with Gasteiger partial charge in [-0.05, 0) is 30.3 Å². The third-order valence-electron chi connectivity index (χ3n) is 2.67. The number of phenols is 2. The highest BCUT2D eigenvalue weighted by atomic mass is 35.5. The maximum atomic E-state index is 9.77. The Morgan fingerprint density at radius 1 is 1.06 bits per heavy atom. The fraction of sp³-hybridized carbons (Fsp3) is 0. The second kappa shape index (κ2) is 3.92. The van der Waals surface area contributed by atoms with E-state index in [1.165, 1.54) is 22.9 Å². The molecule has 0 fully saturated rings. The minimum absolute atomic E-state index is 0.0479. The Balaban J connectivity index is 2.22. The van der Waals surface area contributed by atoms with Crippen LogP contribution < -0.4 is 0 Å². The van der Waals surface area contributed by atoms with Gasteiger partial charge in [0.2, 0.25) is 0 Å². The van der Waals surface area contributed by atoms with E-state index in [9.17, 15) is 10.2 Å². The van der Waals surface area contributed by atoms with E-state index in [0.717, 1.165) is 10.9 Å². The van der Waals surface area contributed by atoms with E-state index in [0.29, 0.717) is 10.7 Å².